The van der Waals surface area contributed by atoms with Crippen LogP contribution in [0.15, 0.2) is 16.9 Å². The highest BCUT2D eigenvalue weighted by molar-refractivity contribution is 5.90. The van der Waals surface area contributed by atoms with Gasteiger partial charge >= 0.3 is 0 Å². The third-order valence-electron chi connectivity index (χ3n) is 5.14. The highest BCUT2D eigenvalue weighted by Gasteiger charge is 2.29. The molecule has 1 aliphatic carbocycles. The Kier molecular flexibility index (Phi) is 3.41. The summed E-state index contributed by atoms with van der Waals surface area (Å²) in [6.45, 7) is 3.96. The minimum atomic E-state index is -0.201. The molecule has 2 N–H and O–H groups in total. The number of aryl methyl sites for hydroxylation is 1. The third-order valence-corrected chi connectivity index (χ3v) is 5.14. The predicted octanol–water partition coefficient (Wildman–Crippen LogP) is 2.84. The summed E-state index contributed by atoms with van der Waals surface area (Å²) in [5.74, 6) is -0.201. The zero-order chi connectivity index (χ0) is 16.1. The maximum absolute atomic E-state index is 14.8. The molecule has 0 atom stereocenters. The standard InChI is InChI=1S/C18H22FN3O/c1-11-17-14(9-15(19)18(11)21-6-2-3-7-21)12(10-20)8-16(23)22(17)13-4-5-13/h8-9,13H,2-7,10,20H2,1H3. The van der Waals surface area contributed by atoms with Crippen LogP contribution < -0.4 is 16.2 Å². The van der Waals surface area contributed by atoms with Gasteiger partial charge in [-0.25, -0.2) is 4.39 Å². The number of rotatable bonds is 3. The summed E-state index contributed by atoms with van der Waals surface area (Å²) >= 11 is 0. The van der Waals surface area contributed by atoms with Crippen molar-refractivity contribution in [2.24, 2.45) is 5.73 Å². The number of nitrogens with two attached hydrogens (primary N) is 1. The van der Waals surface area contributed by atoms with E-state index in [9.17, 15) is 9.18 Å². The third kappa shape index (κ3) is 2.26. The maximum atomic E-state index is 14.8. The molecule has 4 rings (SSSR count). The van der Waals surface area contributed by atoms with Crippen LogP contribution in [0.5, 0.6) is 0 Å². The molecule has 0 radical (unpaired) electrons. The molecular formula is C18H22FN3O. The first-order valence-electron chi connectivity index (χ1n) is 8.44. The molecule has 122 valence electrons. The highest BCUT2D eigenvalue weighted by atomic mass is 19.1. The summed E-state index contributed by atoms with van der Waals surface area (Å²) < 4.78 is 16.7. The second-order valence-electron chi connectivity index (χ2n) is 6.74. The fraction of sp³-hybridized carbons (Fsp3) is 0.500. The van der Waals surface area contributed by atoms with Gasteiger partial charge < -0.3 is 15.2 Å². The van der Waals surface area contributed by atoms with E-state index >= 15 is 0 Å². The van der Waals surface area contributed by atoms with Crippen molar-refractivity contribution in [2.45, 2.75) is 45.2 Å². The van der Waals surface area contributed by atoms with E-state index in [2.05, 4.69) is 4.90 Å². The normalized spacial score (nSPS) is 18.1. The Balaban J connectivity index is 2.07. The van der Waals surface area contributed by atoms with Crippen molar-refractivity contribution >= 4 is 16.6 Å². The second kappa shape index (κ2) is 5.34. The first-order chi connectivity index (χ1) is 11.1. The van der Waals surface area contributed by atoms with Crippen LogP contribution in [0.4, 0.5) is 10.1 Å². The van der Waals surface area contributed by atoms with Gasteiger partial charge in [-0.05, 0) is 49.8 Å². The molecule has 1 aromatic carbocycles. The van der Waals surface area contributed by atoms with Crippen LogP contribution in [0.3, 0.4) is 0 Å². The fourth-order valence-corrected chi connectivity index (χ4v) is 3.91. The molecule has 0 bridgehead atoms. The average molecular weight is 315 g/mol. The van der Waals surface area contributed by atoms with Gasteiger partial charge in [0, 0.05) is 37.1 Å². The number of nitrogens with zero attached hydrogens (tertiary/aromatic N) is 2. The van der Waals surface area contributed by atoms with E-state index in [1.165, 1.54) is 0 Å². The van der Waals surface area contributed by atoms with Gasteiger partial charge in [0.1, 0.15) is 5.82 Å². The molecule has 1 saturated carbocycles. The lowest BCUT2D eigenvalue weighted by Gasteiger charge is -2.24. The first-order valence-corrected chi connectivity index (χ1v) is 8.44. The van der Waals surface area contributed by atoms with Crippen LogP contribution in [-0.2, 0) is 6.54 Å². The van der Waals surface area contributed by atoms with Gasteiger partial charge in [-0.3, -0.25) is 4.79 Å². The molecule has 2 fully saturated rings. The molecule has 0 spiro atoms. The first kappa shape index (κ1) is 14.7. The van der Waals surface area contributed by atoms with Crippen LogP contribution in [-0.4, -0.2) is 17.7 Å². The van der Waals surface area contributed by atoms with Crippen molar-refractivity contribution in [3.8, 4) is 0 Å². The summed E-state index contributed by atoms with van der Waals surface area (Å²) in [5.41, 5.74) is 8.95. The number of hydrogen-bond donors (Lipinski definition) is 1. The van der Waals surface area contributed by atoms with Crippen molar-refractivity contribution in [3.63, 3.8) is 0 Å². The number of pyridine rings is 1. The van der Waals surface area contributed by atoms with Gasteiger partial charge in [-0.2, -0.15) is 0 Å². The summed E-state index contributed by atoms with van der Waals surface area (Å²) in [4.78, 5) is 14.7. The van der Waals surface area contributed by atoms with E-state index < -0.39 is 0 Å². The van der Waals surface area contributed by atoms with Gasteiger partial charge in [0.15, 0.2) is 0 Å². The van der Waals surface area contributed by atoms with Crippen LogP contribution in [0.2, 0.25) is 0 Å². The summed E-state index contributed by atoms with van der Waals surface area (Å²) in [5, 5.41) is 0.789. The lowest BCUT2D eigenvalue weighted by atomic mass is 10.0. The second-order valence-corrected chi connectivity index (χ2v) is 6.74. The largest absolute Gasteiger partial charge is 0.369 e. The molecule has 1 aliphatic heterocycles. The minimum absolute atomic E-state index is 0.0115. The molecule has 0 unspecified atom stereocenters. The Hall–Kier alpha value is -1.88. The van der Waals surface area contributed by atoms with Crippen molar-refractivity contribution in [1.29, 1.82) is 0 Å². The number of benzene rings is 1. The van der Waals surface area contributed by atoms with Gasteiger partial charge in [0.25, 0.3) is 5.56 Å². The Labute approximate surface area is 134 Å². The summed E-state index contributed by atoms with van der Waals surface area (Å²) in [6, 6.07) is 3.42. The Morgan fingerprint density at radius 2 is 1.96 bits per heavy atom. The number of halogens is 1. The molecule has 1 aromatic heterocycles. The summed E-state index contributed by atoms with van der Waals surface area (Å²) in [6.07, 6.45) is 4.23. The van der Waals surface area contributed by atoms with E-state index in [0.717, 1.165) is 60.8 Å². The highest BCUT2D eigenvalue weighted by Crippen LogP contribution is 2.40. The lowest BCUT2D eigenvalue weighted by Crippen LogP contribution is -2.24. The maximum Gasteiger partial charge on any atom is 0.251 e. The number of aromatic nitrogens is 1. The van der Waals surface area contributed by atoms with Crippen molar-refractivity contribution in [2.75, 3.05) is 18.0 Å². The van der Waals surface area contributed by atoms with Crippen LogP contribution in [0, 0.1) is 12.7 Å². The van der Waals surface area contributed by atoms with Crippen LogP contribution in [0.25, 0.3) is 10.9 Å². The smallest absolute Gasteiger partial charge is 0.251 e. The lowest BCUT2D eigenvalue weighted by molar-refractivity contribution is 0.622. The zero-order valence-electron chi connectivity index (χ0n) is 13.4. The molecular weight excluding hydrogens is 293 g/mol. The van der Waals surface area contributed by atoms with E-state index in [0.29, 0.717) is 5.69 Å². The molecule has 0 amide bonds. The summed E-state index contributed by atoms with van der Waals surface area (Å²) in [7, 11) is 0. The molecule has 2 heterocycles. The molecule has 4 nitrogen and oxygen atoms in total. The fourth-order valence-electron chi connectivity index (χ4n) is 3.91. The topological polar surface area (TPSA) is 51.3 Å². The van der Waals surface area contributed by atoms with Crippen molar-refractivity contribution < 1.29 is 4.39 Å². The molecule has 2 aromatic rings. The molecule has 23 heavy (non-hydrogen) atoms. The molecule has 5 heteroatoms. The van der Waals surface area contributed by atoms with Gasteiger partial charge in [-0.1, -0.05) is 0 Å². The average Bonchev–Trinajstić information content (AvgIpc) is 3.22. The SMILES string of the molecule is Cc1c(N2CCCC2)c(F)cc2c(CN)cc(=O)n(C3CC3)c12. The number of anilines is 1. The van der Waals surface area contributed by atoms with Gasteiger partial charge in [-0.15, -0.1) is 0 Å². The Morgan fingerprint density at radius 3 is 2.57 bits per heavy atom. The quantitative estimate of drug-likeness (QED) is 0.947. The monoisotopic (exact) mass is 315 g/mol. The number of hydrogen-bond acceptors (Lipinski definition) is 3. The minimum Gasteiger partial charge on any atom is -0.369 e. The predicted molar refractivity (Wildman–Crippen MR) is 90.5 cm³/mol. The van der Waals surface area contributed by atoms with E-state index in [1.807, 2.05) is 11.5 Å². The van der Waals surface area contributed by atoms with Crippen molar-refractivity contribution in [1.82, 2.24) is 4.57 Å². The Bertz CT molecular complexity index is 833. The van der Waals surface area contributed by atoms with E-state index in [4.69, 9.17) is 5.73 Å². The van der Waals surface area contributed by atoms with Crippen molar-refractivity contribution in [3.05, 3.63) is 39.4 Å². The number of fused-ring (bicyclic) bond motifs is 1. The van der Waals surface area contributed by atoms with Gasteiger partial charge in [0.2, 0.25) is 0 Å². The van der Waals surface area contributed by atoms with Gasteiger partial charge in [0.05, 0.1) is 11.2 Å². The van der Waals surface area contributed by atoms with Crippen LogP contribution in [0.1, 0.15) is 42.9 Å². The van der Waals surface area contributed by atoms with E-state index in [1.54, 1.807) is 12.1 Å². The van der Waals surface area contributed by atoms with E-state index in [-0.39, 0.29) is 24.0 Å². The zero-order valence-corrected chi connectivity index (χ0v) is 13.4. The molecule has 1 saturated heterocycles. The van der Waals surface area contributed by atoms with Crippen LogP contribution >= 0.6 is 0 Å². The molecule has 2 aliphatic rings. The Morgan fingerprint density at radius 1 is 1.26 bits per heavy atom.